The van der Waals surface area contributed by atoms with Crippen LogP contribution in [0, 0.1) is 11.3 Å². The number of carbonyl (C=O) groups excluding carboxylic acids is 1. The minimum absolute atomic E-state index is 0.168. The second-order valence-corrected chi connectivity index (χ2v) is 6.13. The molecule has 1 aliphatic carbocycles. The zero-order valence-corrected chi connectivity index (χ0v) is 11.4. The molecule has 0 bridgehead atoms. The van der Waals surface area contributed by atoms with Crippen LogP contribution in [0.1, 0.15) is 45.4 Å². The highest BCUT2D eigenvalue weighted by atomic mass is 16.3. The molecule has 104 valence electrons. The van der Waals surface area contributed by atoms with Gasteiger partial charge in [0.1, 0.15) is 0 Å². The second kappa shape index (κ2) is 6.02. The Morgan fingerprint density at radius 2 is 2.00 bits per heavy atom. The number of hydrogen-bond acceptors (Lipinski definition) is 3. The first kappa shape index (κ1) is 13.8. The first-order valence-electron chi connectivity index (χ1n) is 7.29. The van der Waals surface area contributed by atoms with Crippen molar-refractivity contribution in [2.75, 3.05) is 19.6 Å². The van der Waals surface area contributed by atoms with Gasteiger partial charge in [-0.3, -0.25) is 4.79 Å². The third-order valence-corrected chi connectivity index (χ3v) is 4.65. The van der Waals surface area contributed by atoms with Gasteiger partial charge in [-0.1, -0.05) is 19.8 Å². The zero-order valence-electron chi connectivity index (χ0n) is 11.4. The molecule has 0 aromatic carbocycles. The number of nitrogens with one attached hydrogen (secondary N) is 2. The Balaban J connectivity index is 1.80. The van der Waals surface area contributed by atoms with Crippen molar-refractivity contribution in [3.63, 3.8) is 0 Å². The van der Waals surface area contributed by atoms with Crippen LogP contribution < -0.4 is 10.6 Å². The van der Waals surface area contributed by atoms with Gasteiger partial charge in [-0.25, -0.2) is 0 Å². The Morgan fingerprint density at radius 1 is 1.33 bits per heavy atom. The SMILES string of the molecule is CC1(C(=O)NCC2CCCCC2O)CCNCC1. The van der Waals surface area contributed by atoms with Crippen molar-refractivity contribution >= 4 is 5.91 Å². The molecule has 4 nitrogen and oxygen atoms in total. The molecule has 1 heterocycles. The fourth-order valence-corrected chi connectivity index (χ4v) is 3.07. The van der Waals surface area contributed by atoms with Crippen LogP contribution in [0.3, 0.4) is 0 Å². The van der Waals surface area contributed by atoms with Crippen LogP contribution in [-0.4, -0.2) is 36.8 Å². The number of carbonyl (C=O) groups is 1. The van der Waals surface area contributed by atoms with Gasteiger partial charge >= 0.3 is 0 Å². The summed E-state index contributed by atoms with van der Waals surface area (Å²) in [4.78, 5) is 12.2. The molecule has 2 unspecified atom stereocenters. The van der Waals surface area contributed by atoms with Crippen molar-refractivity contribution in [1.82, 2.24) is 10.6 Å². The Bertz CT molecular complexity index is 288. The maximum atomic E-state index is 12.2. The number of piperidine rings is 1. The van der Waals surface area contributed by atoms with Crippen molar-refractivity contribution in [1.29, 1.82) is 0 Å². The Labute approximate surface area is 110 Å². The van der Waals surface area contributed by atoms with Gasteiger partial charge in [0, 0.05) is 17.9 Å². The molecular formula is C14H26N2O2. The van der Waals surface area contributed by atoms with Gasteiger partial charge < -0.3 is 15.7 Å². The van der Waals surface area contributed by atoms with E-state index >= 15 is 0 Å². The third kappa shape index (κ3) is 3.23. The molecule has 0 radical (unpaired) electrons. The summed E-state index contributed by atoms with van der Waals surface area (Å²) >= 11 is 0. The lowest BCUT2D eigenvalue weighted by atomic mass is 9.79. The molecule has 1 aliphatic heterocycles. The van der Waals surface area contributed by atoms with E-state index < -0.39 is 0 Å². The molecule has 18 heavy (non-hydrogen) atoms. The summed E-state index contributed by atoms with van der Waals surface area (Å²) < 4.78 is 0. The quantitative estimate of drug-likeness (QED) is 0.705. The molecule has 0 aromatic heterocycles. The van der Waals surface area contributed by atoms with Crippen LogP contribution in [-0.2, 0) is 4.79 Å². The van der Waals surface area contributed by atoms with Gasteiger partial charge in [0.2, 0.25) is 5.91 Å². The highest BCUT2D eigenvalue weighted by Gasteiger charge is 2.35. The molecule has 2 fully saturated rings. The number of aliphatic hydroxyl groups is 1. The zero-order chi connectivity index (χ0) is 13.0. The van der Waals surface area contributed by atoms with E-state index in [1.54, 1.807) is 0 Å². The van der Waals surface area contributed by atoms with Crippen molar-refractivity contribution in [3.05, 3.63) is 0 Å². The summed E-state index contributed by atoms with van der Waals surface area (Å²) in [5, 5.41) is 16.2. The summed E-state index contributed by atoms with van der Waals surface area (Å²) in [6.07, 6.45) is 5.83. The van der Waals surface area contributed by atoms with E-state index in [1.165, 1.54) is 6.42 Å². The first-order valence-corrected chi connectivity index (χ1v) is 7.29. The Hall–Kier alpha value is -0.610. The first-order chi connectivity index (χ1) is 8.62. The van der Waals surface area contributed by atoms with Gasteiger partial charge in [0.05, 0.1) is 6.10 Å². The summed E-state index contributed by atoms with van der Waals surface area (Å²) in [7, 11) is 0. The minimum Gasteiger partial charge on any atom is -0.393 e. The predicted octanol–water partition coefficient (Wildman–Crippen LogP) is 1.04. The molecule has 0 spiro atoms. The molecule has 2 rings (SSSR count). The highest BCUT2D eigenvalue weighted by molar-refractivity contribution is 5.82. The smallest absolute Gasteiger partial charge is 0.226 e. The van der Waals surface area contributed by atoms with Crippen LogP contribution in [0.2, 0.25) is 0 Å². The van der Waals surface area contributed by atoms with E-state index in [0.29, 0.717) is 6.54 Å². The van der Waals surface area contributed by atoms with Gasteiger partial charge in [0.25, 0.3) is 0 Å². The lowest BCUT2D eigenvalue weighted by molar-refractivity contribution is -0.132. The topological polar surface area (TPSA) is 61.4 Å². The van der Waals surface area contributed by atoms with E-state index in [9.17, 15) is 9.90 Å². The molecule has 1 saturated carbocycles. The van der Waals surface area contributed by atoms with Crippen LogP contribution in [0.15, 0.2) is 0 Å². The lowest BCUT2D eigenvalue weighted by Gasteiger charge is -2.34. The average Bonchev–Trinajstić information content (AvgIpc) is 2.38. The summed E-state index contributed by atoms with van der Waals surface area (Å²) in [5.41, 5.74) is -0.217. The monoisotopic (exact) mass is 254 g/mol. The Morgan fingerprint density at radius 3 is 2.67 bits per heavy atom. The molecule has 2 aliphatic rings. The molecule has 1 saturated heterocycles. The summed E-state index contributed by atoms with van der Waals surface area (Å²) in [5.74, 6) is 0.426. The van der Waals surface area contributed by atoms with E-state index in [1.807, 2.05) is 0 Å². The van der Waals surface area contributed by atoms with Crippen LogP contribution >= 0.6 is 0 Å². The third-order valence-electron chi connectivity index (χ3n) is 4.65. The highest BCUT2D eigenvalue weighted by Crippen LogP contribution is 2.29. The normalized spacial score (nSPS) is 31.9. The van der Waals surface area contributed by atoms with E-state index in [0.717, 1.165) is 45.2 Å². The molecule has 4 heteroatoms. The maximum Gasteiger partial charge on any atom is 0.226 e. The number of amides is 1. The predicted molar refractivity (Wildman–Crippen MR) is 71.2 cm³/mol. The number of hydrogen-bond donors (Lipinski definition) is 3. The van der Waals surface area contributed by atoms with Gasteiger partial charge in [-0.15, -0.1) is 0 Å². The molecule has 1 amide bonds. The van der Waals surface area contributed by atoms with Crippen molar-refractivity contribution in [3.8, 4) is 0 Å². The Kier molecular flexibility index (Phi) is 4.62. The molecule has 2 atom stereocenters. The standard InChI is InChI=1S/C14H26N2O2/c1-14(6-8-15-9-7-14)13(18)16-10-11-4-2-3-5-12(11)17/h11-12,15,17H,2-10H2,1H3,(H,16,18). The van der Waals surface area contributed by atoms with Gasteiger partial charge in [-0.2, -0.15) is 0 Å². The fourth-order valence-electron chi connectivity index (χ4n) is 3.07. The molecular weight excluding hydrogens is 228 g/mol. The van der Waals surface area contributed by atoms with Gasteiger partial charge in [0.15, 0.2) is 0 Å². The van der Waals surface area contributed by atoms with E-state index in [-0.39, 0.29) is 23.3 Å². The van der Waals surface area contributed by atoms with Crippen LogP contribution in [0.5, 0.6) is 0 Å². The van der Waals surface area contributed by atoms with Crippen LogP contribution in [0.4, 0.5) is 0 Å². The van der Waals surface area contributed by atoms with Crippen molar-refractivity contribution in [2.24, 2.45) is 11.3 Å². The second-order valence-electron chi connectivity index (χ2n) is 6.13. The van der Waals surface area contributed by atoms with Crippen LogP contribution in [0.25, 0.3) is 0 Å². The van der Waals surface area contributed by atoms with E-state index in [2.05, 4.69) is 17.6 Å². The maximum absolute atomic E-state index is 12.2. The fraction of sp³-hybridized carbons (Fsp3) is 0.929. The largest absolute Gasteiger partial charge is 0.393 e. The molecule has 3 N–H and O–H groups in total. The number of aliphatic hydroxyl groups excluding tert-OH is 1. The number of rotatable bonds is 3. The van der Waals surface area contributed by atoms with E-state index in [4.69, 9.17) is 0 Å². The van der Waals surface area contributed by atoms with Gasteiger partial charge in [-0.05, 0) is 38.8 Å². The lowest BCUT2D eigenvalue weighted by Crippen LogP contribution is -2.47. The summed E-state index contributed by atoms with van der Waals surface area (Å²) in [6, 6.07) is 0. The average molecular weight is 254 g/mol. The van der Waals surface area contributed by atoms with Crippen molar-refractivity contribution in [2.45, 2.75) is 51.6 Å². The molecule has 0 aromatic rings. The minimum atomic E-state index is -0.222. The summed E-state index contributed by atoms with van der Waals surface area (Å²) in [6.45, 7) is 4.55. The van der Waals surface area contributed by atoms with Crippen molar-refractivity contribution < 1.29 is 9.90 Å².